The van der Waals surface area contributed by atoms with E-state index in [9.17, 15) is 33.6 Å². The number of urea groups is 2. The van der Waals surface area contributed by atoms with E-state index in [0.29, 0.717) is 15.4 Å². The molecule has 0 spiro atoms. The van der Waals surface area contributed by atoms with Crippen molar-refractivity contribution in [1.82, 2.24) is 20.4 Å². The topological polar surface area (TPSA) is 170 Å². The van der Waals surface area contributed by atoms with Gasteiger partial charge in [0.2, 0.25) is 0 Å². The molecule has 3 rings (SSSR count). The molecule has 0 saturated heterocycles. The van der Waals surface area contributed by atoms with Crippen LogP contribution in [0.1, 0.15) is 23.7 Å². The molecule has 3 N–H and O–H groups in total. The van der Waals surface area contributed by atoms with Gasteiger partial charge in [-0.15, -0.1) is 0 Å². The number of carbonyl (C=O) groups excluding carboxylic acids is 6. The molecule has 2 heterocycles. The minimum atomic E-state index is -1.34. The zero-order valence-corrected chi connectivity index (χ0v) is 16.3. The van der Waals surface area contributed by atoms with Crippen LogP contribution in [0.25, 0.3) is 0 Å². The quantitative estimate of drug-likeness (QED) is 0.409. The molecule has 1 aromatic rings. The molecule has 0 fully saturated rings. The maximum absolute atomic E-state index is 12.5. The first-order valence-electron chi connectivity index (χ1n) is 9.21. The monoisotopic (exact) mass is 440 g/mol. The zero-order chi connectivity index (χ0) is 23.4. The van der Waals surface area contributed by atoms with Crippen LogP contribution in [0.2, 0.25) is 0 Å². The highest BCUT2D eigenvalue weighted by Gasteiger charge is 2.35. The van der Waals surface area contributed by atoms with E-state index in [2.05, 4.69) is 10.6 Å². The molecule has 0 aromatic heterocycles. The summed E-state index contributed by atoms with van der Waals surface area (Å²) >= 11 is 0. The van der Waals surface area contributed by atoms with Crippen molar-refractivity contribution in [2.45, 2.75) is 19.0 Å². The number of imide groups is 6. The van der Waals surface area contributed by atoms with Gasteiger partial charge >= 0.3 is 18.0 Å². The number of amides is 8. The van der Waals surface area contributed by atoms with Crippen LogP contribution in [0, 0.1) is 0 Å². The van der Waals surface area contributed by atoms with Gasteiger partial charge in [0.1, 0.15) is 6.17 Å². The van der Waals surface area contributed by atoms with Crippen LogP contribution in [0.15, 0.2) is 48.6 Å². The van der Waals surface area contributed by atoms with Crippen LogP contribution < -0.4 is 10.6 Å². The molecular formula is C20H16N4O8. The molecule has 2 aliphatic rings. The summed E-state index contributed by atoms with van der Waals surface area (Å²) in [6.45, 7) is 0. The van der Waals surface area contributed by atoms with E-state index in [1.165, 1.54) is 12.1 Å². The van der Waals surface area contributed by atoms with Gasteiger partial charge in [0, 0.05) is 30.7 Å². The first-order valence-corrected chi connectivity index (χ1v) is 9.21. The van der Waals surface area contributed by atoms with E-state index in [1.807, 2.05) is 0 Å². The van der Waals surface area contributed by atoms with Crippen molar-refractivity contribution >= 4 is 41.7 Å². The van der Waals surface area contributed by atoms with E-state index in [-0.39, 0.29) is 18.4 Å². The van der Waals surface area contributed by atoms with Crippen molar-refractivity contribution in [2.75, 3.05) is 0 Å². The Kier molecular flexibility index (Phi) is 6.24. The first-order chi connectivity index (χ1) is 15.2. The Morgan fingerprint density at radius 1 is 0.750 bits per heavy atom. The van der Waals surface area contributed by atoms with Crippen molar-refractivity contribution < 1.29 is 38.7 Å². The summed E-state index contributed by atoms with van der Waals surface area (Å²) in [5, 5.41) is 13.4. The molecule has 0 atom stereocenters. The fraction of sp³-hybridized carbons (Fsp3) is 0.150. The number of hydrogen-bond donors (Lipinski definition) is 3. The fourth-order valence-corrected chi connectivity index (χ4v) is 2.91. The third-order valence-corrected chi connectivity index (χ3v) is 4.50. The van der Waals surface area contributed by atoms with Crippen LogP contribution in [-0.2, 0) is 30.4 Å². The average Bonchev–Trinajstić information content (AvgIpc) is 3.26. The fourth-order valence-electron chi connectivity index (χ4n) is 2.91. The molecule has 164 valence electrons. The lowest BCUT2D eigenvalue weighted by atomic mass is 10.1. The summed E-state index contributed by atoms with van der Waals surface area (Å²) in [6.07, 6.45) is 2.41. The van der Waals surface area contributed by atoms with Gasteiger partial charge in [0.05, 0.1) is 0 Å². The molecular weight excluding hydrogens is 424 g/mol. The third-order valence-electron chi connectivity index (χ3n) is 4.50. The summed E-state index contributed by atoms with van der Waals surface area (Å²) in [6, 6.07) is 3.79. The molecule has 0 radical (unpaired) electrons. The molecule has 12 nitrogen and oxygen atoms in total. The van der Waals surface area contributed by atoms with Gasteiger partial charge in [-0.05, 0) is 17.5 Å². The Morgan fingerprint density at radius 3 is 1.53 bits per heavy atom. The average molecular weight is 440 g/mol. The Bertz CT molecular complexity index is 997. The van der Waals surface area contributed by atoms with Gasteiger partial charge in [-0.2, -0.15) is 9.80 Å². The lowest BCUT2D eigenvalue weighted by Gasteiger charge is -2.24. The van der Waals surface area contributed by atoms with Gasteiger partial charge in [-0.1, -0.05) is 24.3 Å². The normalized spacial score (nSPS) is 15.2. The maximum Gasteiger partial charge on any atom is 0.333 e. The van der Waals surface area contributed by atoms with Gasteiger partial charge in [-0.3, -0.25) is 24.0 Å². The van der Waals surface area contributed by atoms with Gasteiger partial charge in [0.25, 0.3) is 23.6 Å². The molecule has 0 aliphatic carbocycles. The Balaban J connectivity index is 1.81. The molecule has 8 amide bonds. The Labute approximate surface area is 180 Å². The van der Waals surface area contributed by atoms with Crippen molar-refractivity contribution in [2.24, 2.45) is 0 Å². The summed E-state index contributed by atoms with van der Waals surface area (Å²) < 4.78 is 0. The molecule has 0 saturated carbocycles. The lowest BCUT2D eigenvalue weighted by molar-refractivity contribution is -0.137. The Hall–Kier alpha value is -4.61. The number of benzene rings is 1. The van der Waals surface area contributed by atoms with E-state index in [1.54, 1.807) is 12.1 Å². The first kappa shape index (κ1) is 22.1. The number of hydrogen-bond acceptors (Lipinski definition) is 7. The second-order valence-corrected chi connectivity index (χ2v) is 6.66. The minimum absolute atomic E-state index is 0.103. The molecule has 1 aromatic carbocycles. The minimum Gasteiger partial charge on any atom is -0.481 e. The number of carbonyl (C=O) groups is 7. The van der Waals surface area contributed by atoms with Crippen molar-refractivity contribution in [3.05, 3.63) is 59.7 Å². The molecule has 12 heteroatoms. The van der Waals surface area contributed by atoms with Gasteiger partial charge < -0.3 is 15.7 Å². The molecule has 2 aliphatic heterocycles. The summed E-state index contributed by atoms with van der Waals surface area (Å²) in [4.78, 5) is 83.3. The van der Waals surface area contributed by atoms with E-state index in [0.717, 1.165) is 24.3 Å². The van der Waals surface area contributed by atoms with Crippen LogP contribution in [0.5, 0.6) is 0 Å². The number of nitrogens with one attached hydrogen (secondary N) is 2. The lowest BCUT2D eigenvalue weighted by Crippen LogP contribution is -2.52. The summed E-state index contributed by atoms with van der Waals surface area (Å²) in [5.41, 5.74) is 0.931. The van der Waals surface area contributed by atoms with Crippen LogP contribution in [-0.4, -0.2) is 56.6 Å². The largest absolute Gasteiger partial charge is 0.481 e. The number of rotatable bonds is 6. The number of aryl methyl sites for hydroxylation is 1. The zero-order valence-electron chi connectivity index (χ0n) is 16.3. The highest BCUT2D eigenvalue weighted by atomic mass is 16.4. The van der Waals surface area contributed by atoms with Gasteiger partial charge in [0.15, 0.2) is 0 Å². The van der Waals surface area contributed by atoms with E-state index < -0.39 is 47.8 Å². The second kappa shape index (κ2) is 9.04. The van der Waals surface area contributed by atoms with Crippen molar-refractivity contribution in [3.63, 3.8) is 0 Å². The summed E-state index contributed by atoms with van der Waals surface area (Å²) in [5.74, 6) is -4.49. The SMILES string of the molecule is O=C(O)CCc1ccc(C(NC(=O)N2C(=O)C=CC2=O)NC(=O)N2C(=O)C=CC2=O)cc1. The molecule has 32 heavy (non-hydrogen) atoms. The Morgan fingerprint density at radius 2 is 1.16 bits per heavy atom. The highest BCUT2D eigenvalue weighted by molar-refractivity contribution is 6.23. The molecule has 0 bridgehead atoms. The highest BCUT2D eigenvalue weighted by Crippen LogP contribution is 2.16. The number of nitrogens with zero attached hydrogens (tertiary/aromatic N) is 2. The van der Waals surface area contributed by atoms with Crippen LogP contribution in [0.4, 0.5) is 9.59 Å². The summed E-state index contributed by atoms with van der Waals surface area (Å²) in [7, 11) is 0. The maximum atomic E-state index is 12.5. The standard InChI is InChI=1S/C20H16N4O8/c25-13-6-7-14(26)23(13)19(31)21-18(22-20(32)24-15(27)8-9-16(24)28)12-4-1-11(2-5-12)3-10-17(29)30/h1-2,4-9,18H,3,10H2,(H,21,31)(H,22,32)(H,29,30). The predicted octanol–water partition coefficient (Wildman–Crippen LogP) is -0.0284. The predicted molar refractivity (Wildman–Crippen MR) is 104 cm³/mol. The van der Waals surface area contributed by atoms with Crippen LogP contribution in [0.3, 0.4) is 0 Å². The second-order valence-electron chi connectivity index (χ2n) is 6.66. The molecule has 0 unspecified atom stereocenters. The van der Waals surface area contributed by atoms with E-state index >= 15 is 0 Å². The number of aliphatic carboxylic acids is 1. The number of carboxylic acid groups (broad SMARTS) is 1. The van der Waals surface area contributed by atoms with Crippen molar-refractivity contribution in [3.8, 4) is 0 Å². The number of carboxylic acids is 1. The smallest absolute Gasteiger partial charge is 0.333 e. The van der Waals surface area contributed by atoms with Crippen LogP contribution >= 0.6 is 0 Å². The van der Waals surface area contributed by atoms with E-state index in [4.69, 9.17) is 5.11 Å². The van der Waals surface area contributed by atoms with Gasteiger partial charge in [-0.25, -0.2) is 9.59 Å². The third kappa shape index (κ3) is 4.75. The van der Waals surface area contributed by atoms with Crippen molar-refractivity contribution in [1.29, 1.82) is 0 Å².